The molecule has 1 amide bonds. The molecule has 0 aromatic carbocycles. The Balaban J connectivity index is 0.00000156. The van der Waals surface area contributed by atoms with E-state index in [9.17, 15) is 4.79 Å². The highest BCUT2D eigenvalue weighted by Crippen LogP contribution is 2.27. The Kier molecular flexibility index (Phi) is 10.0. The second-order valence-electron chi connectivity index (χ2n) is 7.81. The summed E-state index contributed by atoms with van der Waals surface area (Å²) in [5.74, 6) is 1.13. The van der Waals surface area contributed by atoms with Gasteiger partial charge in [0.25, 0.3) is 0 Å². The van der Waals surface area contributed by atoms with Crippen LogP contribution in [0.4, 0.5) is 0 Å². The van der Waals surface area contributed by atoms with E-state index in [2.05, 4.69) is 29.0 Å². The molecule has 2 saturated heterocycles. The van der Waals surface area contributed by atoms with Gasteiger partial charge in [-0.15, -0.1) is 24.8 Å². The SMILES string of the molecule is CC1CCC(C)N1CCN1CCN(C(=O)CNCC2CC2)CC1.Cl.Cl. The van der Waals surface area contributed by atoms with Crippen molar-refractivity contribution in [2.75, 3.05) is 52.4 Å². The zero-order valence-electron chi connectivity index (χ0n) is 15.8. The highest BCUT2D eigenvalue weighted by Gasteiger charge is 2.28. The van der Waals surface area contributed by atoms with E-state index in [1.165, 1.54) is 32.2 Å². The van der Waals surface area contributed by atoms with Crippen LogP contribution in [-0.2, 0) is 4.79 Å². The van der Waals surface area contributed by atoms with Gasteiger partial charge >= 0.3 is 0 Å². The third kappa shape index (κ3) is 6.87. The van der Waals surface area contributed by atoms with Gasteiger partial charge in [0, 0.05) is 51.4 Å². The Labute approximate surface area is 165 Å². The number of carbonyl (C=O) groups is 1. The molecule has 1 aliphatic carbocycles. The van der Waals surface area contributed by atoms with E-state index in [-0.39, 0.29) is 30.7 Å². The second kappa shape index (κ2) is 10.9. The Morgan fingerprint density at radius 2 is 1.52 bits per heavy atom. The van der Waals surface area contributed by atoms with Crippen molar-refractivity contribution in [3.05, 3.63) is 0 Å². The largest absolute Gasteiger partial charge is 0.339 e. The molecular weight excluding hydrogens is 359 g/mol. The van der Waals surface area contributed by atoms with Crippen molar-refractivity contribution in [1.82, 2.24) is 20.0 Å². The lowest BCUT2D eigenvalue weighted by Crippen LogP contribution is -2.52. The molecule has 0 aromatic rings. The van der Waals surface area contributed by atoms with E-state index in [1.54, 1.807) is 0 Å². The van der Waals surface area contributed by atoms with Crippen LogP contribution < -0.4 is 5.32 Å². The van der Waals surface area contributed by atoms with Gasteiger partial charge in [0.2, 0.25) is 5.91 Å². The van der Waals surface area contributed by atoms with E-state index >= 15 is 0 Å². The zero-order valence-corrected chi connectivity index (χ0v) is 17.4. The van der Waals surface area contributed by atoms with E-state index in [0.717, 1.165) is 57.3 Å². The molecule has 0 bridgehead atoms. The molecule has 25 heavy (non-hydrogen) atoms. The fourth-order valence-electron chi connectivity index (χ4n) is 3.98. The Morgan fingerprint density at radius 1 is 0.920 bits per heavy atom. The van der Waals surface area contributed by atoms with Crippen molar-refractivity contribution in [1.29, 1.82) is 0 Å². The van der Waals surface area contributed by atoms with Gasteiger partial charge in [-0.3, -0.25) is 14.6 Å². The summed E-state index contributed by atoms with van der Waals surface area (Å²) in [5, 5.41) is 3.32. The molecule has 2 unspecified atom stereocenters. The van der Waals surface area contributed by atoms with Gasteiger partial charge in [-0.05, 0) is 52.0 Å². The predicted molar refractivity (Wildman–Crippen MR) is 108 cm³/mol. The summed E-state index contributed by atoms with van der Waals surface area (Å²) in [6.45, 7) is 12.5. The highest BCUT2D eigenvalue weighted by molar-refractivity contribution is 5.85. The van der Waals surface area contributed by atoms with Crippen LogP contribution in [0.15, 0.2) is 0 Å². The van der Waals surface area contributed by atoms with Crippen molar-refractivity contribution in [3.8, 4) is 0 Å². The van der Waals surface area contributed by atoms with Crippen LogP contribution in [0.5, 0.6) is 0 Å². The molecule has 5 nitrogen and oxygen atoms in total. The maximum absolute atomic E-state index is 12.2. The zero-order chi connectivity index (χ0) is 16.2. The molecule has 3 rings (SSSR count). The molecular formula is C18H36Cl2N4O. The van der Waals surface area contributed by atoms with E-state index in [0.29, 0.717) is 6.54 Å². The fourth-order valence-corrected chi connectivity index (χ4v) is 3.98. The predicted octanol–water partition coefficient (Wildman–Crippen LogP) is 1.85. The van der Waals surface area contributed by atoms with E-state index in [4.69, 9.17) is 0 Å². The minimum absolute atomic E-state index is 0. The molecule has 1 N–H and O–H groups in total. The van der Waals surface area contributed by atoms with Crippen molar-refractivity contribution in [3.63, 3.8) is 0 Å². The van der Waals surface area contributed by atoms with Crippen molar-refractivity contribution in [2.24, 2.45) is 5.92 Å². The maximum atomic E-state index is 12.2. The van der Waals surface area contributed by atoms with Crippen LogP contribution in [0, 0.1) is 5.92 Å². The Bertz CT molecular complexity index is 391. The Morgan fingerprint density at radius 3 is 2.08 bits per heavy atom. The monoisotopic (exact) mass is 394 g/mol. The summed E-state index contributed by atoms with van der Waals surface area (Å²) >= 11 is 0. The molecule has 3 fully saturated rings. The number of hydrogen-bond donors (Lipinski definition) is 1. The van der Waals surface area contributed by atoms with Crippen LogP contribution in [0.2, 0.25) is 0 Å². The first-order valence-corrected chi connectivity index (χ1v) is 9.60. The molecule has 0 aromatic heterocycles. The summed E-state index contributed by atoms with van der Waals surface area (Å²) in [6.07, 6.45) is 5.37. The quantitative estimate of drug-likeness (QED) is 0.714. The number of hydrogen-bond acceptors (Lipinski definition) is 4. The van der Waals surface area contributed by atoms with Gasteiger partial charge in [-0.1, -0.05) is 0 Å². The first kappa shape index (κ1) is 23.0. The van der Waals surface area contributed by atoms with Crippen LogP contribution >= 0.6 is 24.8 Å². The minimum atomic E-state index is 0. The molecule has 2 heterocycles. The van der Waals surface area contributed by atoms with Gasteiger partial charge in [0.15, 0.2) is 0 Å². The molecule has 148 valence electrons. The molecule has 7 heteroatoms. The number of amides is 1. The average molecular weight is 395 g/mol. The molecule has 3 aliphatic rings. The molecule has 0 spiro atoms. The topological polar surface area (TPSA) is 38.8 Å². The smallest absolute Gasteiger partial charge is 0.236 e. The molecule has 1 saturated carbocycles. The lowest BCUT2D eigenvalue weighted by Gasteiger charge is -2.36. The number of halogens is 2. The van der Waals surface area contributed by atoms with Gasteiger partial charge < -0.3 is 10.2 Å². The normalized spacial score (nSPS) is 27.7. The average Bonchev–Trinajstić information content (AvgIpc) is 3.32. The van der Waals surface area contributed by atoms with Crippen LogP contribution in [0.3, 0.4) is 0 Å². The van der Waals surface area contributed by atoms with Gasteiger partial charge in [0.1, 0.15) is 0 Å². The molecule has 2 aliphatic heterocycles. The third-order valence-corrected chi connectivity index (χ3v) is 5.94. The summed E-state index contributed by atoms with van der Waals surface area (Å²) in [7, 11) is 0. The lowest BCUT2D eigenvalue weighted by molar-refractivity contribution is -0.132. The standard InChI is InChI=1S/C18H34N4O.2ClH/c1-15-3-4-16(2)22(15)12-9-20-7-10-21(11-8-20)18(23)14-19-13-17-5-6-17;;/h15-17,19H,3-14H2,1-2H3;2*1H. The number of rotatable bonds is 7. The molecule has 0 radical (unpaired) electrons. The van der Waals surface area contributed by atoms with Crippen LogP contribution in [0.1, 0.15) is 39.5 Å². The van der Waals surface area contributed by atoms with E-state index in [1.807, 2.05) is 4.90 Å². The maximum Gasteiger partial charge on any atom is 0.236 e. The first-order chi connectivity index (χ1) is 11.1. The molecule has 2 atom stereocenters. The summed E-state index contributed by atoms with van der Waals surface area (Å²) < 4.78 is 0. The number of piperazine rings is 1. The number of likely N-dealkylation sites (tertiary alicyclic amines) is 1. The van der Waals surface area contributed by atoms with Crippen molar-refractivity contribution >= 4 is 30.7 Å². The van der Waals surface area contributed by atoms with Gasteiger partial charge in [-0.25, -0.2) is 0 Å². The summed E-state index contributed by atoms with van der Waals surface area (Å²) in [6, 6.07) is 1.48. The number of nitrogens with zero attached hydrogens (tertiary/aromatic N) is 3. The highest BCUT2D eigenvalue weighted by atomic mass is 35.5. The van der Waals surface area contributed by atoms with Gasteiger partial charge in [0.05, 0.1) is 6.54 Å². The van der Waals surface area contributed by atoms with E-state index < -0.39 is 0 Å². The van der Waals surface area contributed by atoms with Crippen LogP contribution in [0.25, 0.3) is 0 Å². The number of carbonyl (C=O) groups excluding carboxylic acids is 1. The first-order valence-electron chi connectivity index (χ1n) is 9.60. The fraction of sp³-hybridized carbons (Fsp3) is 0.944. The minimum Gasteiger partial charge on any atom is -0.339 e. The Hall–Kier alpha value is -0.0700. The van der Waals surface area contributed by atoms with Crippen LogP contribution in [-0.4, -0.2) is 85.0 Å². The summed E-state index contributed by atoms with van der Waals surface area (Å²) in [5.41, 5.74) is 0. The lowest BCUT2D eigenvalue weighted by atomic mass is 10.2. The second-order valence-corrected chi connectivity index (χ2v) is 7.81. The van der Waals surface area contributed by atoms with Gasteiger partial charge in [-0.2, -0.15) is 0 Å². The van der Waals surface area contributed by atoms with Crippen molar-refractivity contribution < 1.29 is 4.79 Å². The number of nitrogens with one attached hydrogen (secondary N) is 1. The summed E-state index contributed by atoms with van der Waals surface area (Å²) in [4.78, 5) is 19.4. The third-order valence-electron chi connectivity index (χ3n) is 5.94. The van der Waals surface area contributed by atoms with Crippen molar-refractivity contribution in [2.45, 2.75) is 51.6 Å².